The van der Waals surface area contributed by atoms with Gasteiger partial charge in [-0.05, 0) is 102 Å². The first-order valence-electron chi connectivity index (χ1n) is 12.3. The molecule has 1 aromatic rings. The SMILES string of the molecule is CC(C)C1(C)CC(c2ccc(C3CC(C)(C)NC(C)(C(C)C)C3)cc2)CC(C)(C)N1. The van der Waals surface area contributed by atoms with E-state index in [4.69, 9.17) is 0 Å². The number of rotatable bonds is 4. The molecule has 170 valence electrons. The Labute approximate surface area is 187 Å². The van der Waals surface area contributed by atoms with E-state index in [1.54, 1.807) is 0 Å². The zero-order valence-corrected chi connectivity index (χ0v) is 21.4. The molecule has 1 aromatic carbocycles. The van der Waals surface area contributed by atoms with E-state index < -0.39 is 0 Å². The molecular formula is C28H48N2. The molecule has 2 aliphatic heterocycles. The number of nitrogens with one attached hydrogen (secondary N) is 2. The van der Waals surface area contributed by atoms with Crippen molar-refractivity contribution in [3.05, 3.63) is 35.4 Å². The summed E-state index contributed by atoms with van der Waals surface area (Å²) in [5.74, 6) is 2.52. The van der Waals surface area contributed by atoms with Gasteiger partial charge in [-0.15, -0.1) is 0 Å². The molecule has 0 saturated carbocycles. The van der Waals surface area contributed by atoms with Gasteiger partial charge in [-0.3, -0.25) is 0 Å². The van der Waals surface area contributed by atoms with Gasteiger partial charge in [0.25, 0.3) is 0 Å². The molecule has 2 N–H and O–H groups in total. The molecule has 30 heavy (non-hydrogen) atoms. The van der Waals surface area contributed by atoms with Gasteiger partial charge in [0.2, 0.25) is 0 Å². The van der Waals surface area contributed by atoms with Crippen molar-refractivity contribution >= 4 is 0 Å². The molecule has 0 amide bonds. The van der Waals surface area contributed by atoms with E-state index in [1.807, 2.05) is 0 Å². The van der Waals surface area contributed by atoms with E-state index in [-0.39, 0.29) is 22.2 Å². The highest BCUT2D eigenvalue weighted by Gasteiger charge is 2.44. The predicted molar refractivity (Wildman–Crippen MR) is 131 cm³/mol. The Hall–Kier alpha value is -0.860. The molecule has 2 saturated heterocycles. The topological polar surface area (TPSA) is 24.1 Å². The molecule has 0 aliphatic carbocycles. The predicted octanol–water partition coefficient (Wildman–Crippen LogP) is 7.01. The maximum Gasteiger partial charge on any atom is 0.0187 e. The Kier molecular flexibility index (Phi) is 6.29. The standard InChI is InChI=1S/C28H48N2/c1-19(2)27(9)17-23(15-25(5,6)29-27)21-11-13-22(14-12-21)24-16-26(7,8)30-28(10,18-24)20(3)4/h11-14,19-20,23-24,29-30H,15-18H2,1-10H3. The minimum Gasteiger partial charge on any atom is -0.306 e. The van der Waals surface area contributed by atoms with Gasteiger partial charge in [-0.2, -0.15) is 0 Å². The third-order valence-corrected chi connectivity index (χ3v) is 8.53. The first kappa shape index (κ1) is 23.8. The molecule has 0 aromatic heterocycles. The van der Waals surface area contributed by atoms with Gasteiger partial charge in [0.05, 0.1) is 0 Å². The van der Waals surface area contributed by atoms with Gasteiger partial charge in [-0.25, -0.2) is 0 Å². The van der Waals surface area contributed by atoms with Crippen LogP contribution in [-0.2, 0) is 0 Å². The lowest BCUT2D eigenvalue weighted by Crippen LogP contribution is -2.61. The van der Waals surface area contributed by atoms with E-state index in [0.717, 1.165) is 0 Å². The second-order valence-corrected chi connectivity index (χ2v) is 13.0. The van der Waals surface area contributed by atoms with Crippen LogP contribution in [0.4, 0.5) is 0 Å². The maximum atomic E-state index is 3.95. The molecule has 2 heteroatoms. The third kappa shape index (κ3) is 4.96. The fourth-order valence-electron chi connectivity index (χ4n) is 6.42. The molecule has 2 fully saturated rings. The molecule has 0 bridgehead atoms. The van der Waals surface area contributed by atoms with Crippen molar-refractivity contribution in [3.8, 4) is 0 Å². The number of hydrogen-bond donors (Lipinski definition) is 2. The normalized spacial score (nSPS) is 36.3. The summed E-state index contributed by atoms with van der Waals surface area (Å²) in [6.07, 6.45) is 4.86. The lowest BCUT2D eigenvalue weighted by atomic mass is 9.67. The Balaban J connectivity index is 1.82. The maximum absolute atomic E-state index is 3.95. The Morgan fingerprint density at radius 2 is 0.900 bits per heavy atom. The molecular weight excluding hydrogens is 364 g/mol. The molecule has 2 nitrogen and oxygen atoms in total. The smallest absolute Gasteiger partial charge is 0.0187 e. The van der Waals surface area contributed by atoms with Crippen molar-refractivity contribution in [1.82, 2.24) is 10.6 Å². The van der Waals surface area contributed by atoms with Gasteiger partial charge in [-0.1, -0.05) is 52.0 Å². The molecule has 0 radical (unpaired) electrons. The fourth-order valence-corrected chi connectivity index (χ4v) is 6.42. The molecule has 4 atom stereocenters. The van der Waals surface area contributed by atoms with Crippen LogP contribution >= 0.6 is 0 Å². The van der Waals surface area contributed by atoms with Crippen LogP contribution in [-0.4, -0.2) is 22.2 Å². The number of hydrogen-bond acceptors (Lipinski definition) is 2. The summed E-state index contributed by atoms with van der Waals surface area (Å²) >= 11 is 0. The van der Waals surface area contributed by atoms with Crippen LogP contribution in [0.25, 0.3) is 0 Å². The summed E-state index contributed by atoms with van der Waals surface area (Å²) in [5.41, 5.74) is 3.81. The summed E-state index contributed by atoms with van der Waals surface area (Å²) < 4.78 is 0. The van der Waals surface area contributed by atoms with Crippen LogP contribution < -0.4 is 10.6 Å². The quantitative estimate of drug-likeness (QED) is 0.556. The molecule has 3 rings (SSSR count). The Bertz CT molecular complexity index is 667. The van der Waals surface area contributed by atoms with Crippen LogP contribution in [0.2, 0.25) is 0 Å². The van der Waals surface area contributed by atoms with Crippen LogP contribution in [0.5, 0.6) is 0 Å². The Morgan fingerprint density at radius 3 is 1.17 bits per heavy atom. The van der Waals surface area contributed by atoms with E-state index in [0.29, 0.717) is 23.7 Å². The highest BCUT2D eigenvalue weighted by molar-refractivity contribution is 5.31. The monoisotopic (exact) mass is 412 g/mol. The van der Waals surface area contributed by atoms with Crippen molar-refractivity contribution in [2.75, 3.05) is 0 Å². The zero-order chi connectivity index (χ0) is 22.5. The van der Waals surface area contributed by atoms with Crippen molar-refractivity contribution in [2.45, 2.75) is 129 Å². The van der Waals surface area contributed by atoms with Gasteiger partial charge in [0, 0.05) is 22.2 Å². The average molecular weight is 413 g/mol. The average Bonchev–Trinajstić information content (AvgIpc) is 2.58. The number of piperidine rings is 2. The number of benzene rings is 1. The van der Waals surface area contributed by atoms with E-state index in [2.05, 4.69) is 104 Å². The van der Waals surface area contributed by atoms with Crippen LogP contribution in [0.1, 0.15) is 118 Å². The van der Waals surface area contributed by atoms with Crippen molar-refractivity contribution in [2.24, 2.45) is 11.8 Å². The summed E-state index contributed by atoms with van der Waals surface area (Å²) in [6.45, 7) is 23.8. The molecule has 2 aliphatic rings. The fraction of sp³-hybridized carbons (Fsp3) is 0.786. The van der Waals surface area contributed by atoms with Crippen molar-refractivity contribution in [1.29, 1.82) is 0 Å². The summed E-state index contributed by atoms with van der Waals surface area (Å²) in [7, 11) is 0. The largest absolute Gasteiger partial charge is 0.306 e. The molecule has 4 unspecified atom stereocenters. The van der Waals surface area contributed by atoms with Crippen LogP contribution in [0.3, 0.4) is 0 Å². The summed E-state index contributed by atoms with van der Waals surface area (Å²) in [6, 6.07) is 9.79. The lowest BCUT2D eigenvalue weighted by molar-refractivity contribution is 0.106. The van der Waals surface area contributed by atoms with Crippen molar-refractivity contribution in [3.63, 3.8) is 0 Å². The van der Waals surface area contributed by atoms with Gasteiger partial charge < -0.3 is 10.6 Å². The first-order valence-corrected chi connectivity index (χ1v) is 12.3. The van der Waals surface area contributed by atoms with Crippen LogP contribution in [0, 0.1) is 11.8 Å². The highest BCUT2D eigenvalue weighted by atomic mass is 15.1. The molecule has 2 heterocycles. The second kappa shape index (κ2) is 7.93. The first-order chi connectivity index (χ1) is 13.6. The van der Waals surface area contributed by atoms with E-state index in [1.165, 1.54) is 36.8 Å². The second-order valence-electron chi connectivity index (χ2n) is 13.0. The summed E-state index contributed by atoms with van der Waals surface area (Å²) in [4.78, 5) is 0. The van der Waals surface area contributed by atoms with Gasteiger partial charge in [0.15, 0.2) is 0 Å². The van der Waals surface area contributed by atoms with E-state index >= 15 is 0 Å². The lowest BCUT2D eigenvalue weighted by Gasteiger charge is -2.51. The van der Waals surface area contributed by atoms with Gasteiger partial charge in [0.1, 0.15) is 0 Å². The van der Waals surface area contributed by atoms with E-state index in [9.17, 15) is 0 Å². The highest BCUT2D eigenvalue weighted by Crippen LogP contribution is 2.44. The minimum atomic E-state index is 0.179. The van der Waals surface area contributed by atoms with Crippen LogP contribution in [0.15, 0.2) is 24.3 Å². The molecule has 0 spiro atoms. The Morgan fingerprint density at radius 1 is 0.600 bits per heavy atom. The zero-order valence-electron chi connectivity index (χ0n) is 21.4. The minimum absolute atomic E-state index is 0.179. The summed E-state index contributed by atoms with van der Waals surface area (Å²) in [5, 5.41) is 7.91. The van der Waals surface area contributed by atoms with Gasteiger partial charge >= 0.3 is 0 Å². The van der Waals surface area contributed by atoms with Crippen molar-refractivity contribution < 1.29 is 0 Å². The third-order valence-electron chi connectivity index (χ3n) is 8.53.